The van der Waals surface area contributed by atoms with E-state index < -0.39 is 0 Å². The van der Waals surface area contributed by atoms with Gasteiger partial charge in [-0.25, -0.2) is 5.16 Å². The molecule has 1 heterocycles. The van der Waals surface area contributed by atoms with E-state index in [2.05, 4.69) is 10.1 Å². The van der Waals surface area contributed by atoms with Gasteiger partial charge in [-0.1, -0.05) is 0 Å². The molecule has 2 rings (SSSR count). The second-order valence-corrected chi connectivity index (χ2v) is 3.33. The molecular weight excluding hydrogens is 176 g/mol. The summed E-state index contributed by atoms with van der Waals surface area (Å²) in [5.41, 5.74) is -0.249. The van der Waals surface area contributed by atoms with Gasteiger partial charge in [0.25, 0.3) is 0 Å². The number of aromatic nitrogens is 2. The van der Waals surface area contributed by atoms with Crippen LogP contribution in [0.15, 0.2) is 4.52 Å². The number of hydrogen-bond acceptors (Lipinski definition) is 4. The van der Waals surface area contributed by atoms with E-state index in [1.165, 1.54) is 6.42 Å². The molecule has 0 unspecified atom stereocenters. The Morgan fingerprint density at radius 1 is 1.67 bits per heavy atom. The third-order valence-electron chi connectivity index (χ3n) is 2.42. The first-order chi connectivity index (χ1) is 5.77. The van der Waals surface area contributed by atoms with Crippen LogP contribution in [0, 0.1) is 4.84 Å². The number of rotatable bonds is 2. The molecule has 1 saturated carbocycles. The molecule has 4 nitrogen and oxygen atoms in total. The van der Waals surface area contributed by atoms with Crippen LogP contribution in [-0.2, 0) is 10.3 Å². The number of nitrogens with zero attached hydrogens (tertiary/aromatic N) is 1. The lowest BCUT2D eigenvalue weighted by molar-refractivity contribution is -0.0858. The van der Waals surface area contributed by atoms with Crippen LogP contribution in [0.25, 0.3) is 0 Å². The molecule has 0 amide bonds. The highest BCUT2D eigenvalue weighted by atomic mass is 32.1. The van der Waals surface area contributed by atoms with E-state index in [-0.39, 0.29) is 10.4 Å². The van der Waals surface area contributed by atoms with E-state index in [0.29, 0.717) is 0 Å². The second kappa shape index (κ2) is 2.67. The summed E-state index contributed by atoms with van der Waals surface area (Å²) >= 11 is 4.76. The fourth-order valence-corrected chi connectivity index (χ4v) is 1.59. The maximum Gasteiger partial charge on any atom is 0.314 e. The van der Waals surface area contributed by atoms with Crippen LogP contribution in [0.2, 0.25) is 0 Å². The number of aromatic amines is 1. The molecule has 1 aliphatic rings. The van der Waals surface area contributed by atoms with Crippen LogP contribution >= 0.6 is 12.2 Å². The Balaban J connectivity index is 2.33. The third-order valence-corrected chi connectivity index (χ3v) is 2.60. The van der Waals surface area contributed by atoms with E-state index in [4.69, 9.17) is 21.5 Å². The van der Waals surface area contributed by atoms with Gasteiger partial charge in [0.05, 0.1) is 0 Å². The molecule has 66 valence electrons. The normalized spacial score (nSPS) is 20.4. The van der Waals surface area contributed by atoms with Gasteiger partial charge in [-0.15, -0.1) is 0 Å². The first kappa shape index (κ1) is 7.94. The molecule has 0 aromatic carbocycles. The summed E-state index contributed by atoms with van der Waals surface area (Å²) in [5.74, 6) is 0.723. The molecule has 1 aromatic rings. The minimum Gasteiger partial charge on any atom is -0.370 e. The molecule has 0 bridgehead atoms. The van der Waals surface area contributed by atoms with Gasteiger partial charge in [-0.05, 0) is 31.5 Å². The van der Waals surface area contributed by atoms with Crippen molar-refractivity contribution < 1.29 is 9.26 Å². The van der Waals surface area contributed by atoms with Crippen LogP contribution in [0.5, 0.6) is 0 Å². The Morgan fingerprint density at radius 3 is 2.75 bits per heavy atom. The van der Waals surface area contributed by atoms with Gasteiger partial charge in [-0.3, -0.25) is 0 Å². The van der Waals surface area contributed by atoms with Crippen molar-refractivity contribution in [1.82, 2.24) is 10.1 Å². The van der Waals surface area contributed by atoms with E-state index in [1.54, 1.807) is 7.11 Å². The Labute approximate surface area is 74.9 Å². The fraction of sp³-hybridized carbons (Fsp3) is 0.714. The molecule has 0 spiro atoms. The molecule has 5 heteroatoms. The molecule has 1 N–H and O–H groups in total. The van der Waals surface area contributed by atoms with Crippen molar-refractivity contribution in [2.24, 2.45) is 0 Å². The summed E-state index contributed by atoms with van der Waals surface area (Å²) in [6, 6.07) is 0. The van der Waals surface area contributed by atoms with Crippen molar-refractivity contribution in [2.45, 2.75) is 24.9 Å². The van der Waals surface area contributed by atoms with Crippen molar-refractivity contribution in [3.8, 4) is 0 Å². The van der Waals surface area contributed by atoms with Gasteiger partial charge in [0.1, 0.15) is 5.60 Å². The molecular formula is C7H10N2O2S. The standard InChI is InChI=1S/C7H10N2O2S/c1-10-7(3-2-4-7)5-8-6(12)11-9-5/h2-4H2,1H3,(H,8,9,12). The lowest BCUT2D eigenvalue weighted by Gasteiger charge is -2.37. The third kappa shape index (κ3) is 1.01. The van der Waals surface area contributed by atoms with Crippen LogP contribution in [0.4, 0.5) is 0 Å². The molecule has 1 aliphatic carbocycles. The highest BCUT2D eigenvalue weighted by Gasteiger charge is 2.42. The monoisotopic (exact) mass is 186 g/mol. The summed E-state index contributed by atoms with van der Waals surface area (Å²) in [6.45, 7) is 0. The van der Waals surface area contributed by atoms with Crippen molar-refractivity contribution in [1.29, 1.82) is 0 Å². The van der Waals surface area contributed by atoms with Crippen LogP contribution in [-0.4, -0.2) is 17.3 Å². The van der Waals surface area contributed by atoms with Crippen LogP contribution in [0.1, 0.15) is 25.1 Å². The lowest BCUT2D eigenvalue weighted by atomic mass is 9.79. The first-order valence-corrected chi connectivity index (χ1v) is 4.29. The Bertz CT molecular complexity index is 321. The van der Waals surface area contributed by atoms with Crippen LogP contribution in [0.3, 0.4) is 0 Å². The van der Waals surface area contributed by atoms with E-state index in [1.807, 2.05) is 0 Å². The summed E-state index contributed by atoms with van der Waals surface area (Å²) in [5, 5.41) is 2.68. The maximum absolute atomic E-state index is 5.37. The van der Waals surface area contributed by atoms with E-state index in [0.717, 1.165) is 18.7 Å². The van der Waals surface area contributed by atoms with Crippen LogP contribution < -0.4 is 0 Å². The van der Waals surface area contributed by atoms with E-state index in [9.17, 15) is 0 Å². The molecule has 12 heavy (non-hydrogen) atoms. The Morgan fingerprint density at radius 2 is 2.42 bits per heavy atom. The molecule has 0 saturated heterocycles. The van der Waals surface area contributed by atoms with Crippen molar-refractivity contribution in [3.63, 3.8) is 0 Å². The van der Waals surface area contributed by atoms with Crippen molar-refractivity contribution in [3.05, 3.63) is 10.7 Å². The summed E-state index contributed by atoms with van der Waals surface area (Å²) in [6.07, 6.45) is 3.14. The van der Waals surface area contributed by atoms with Gasteiger partial charge in [0, 0.05) is 7.11 Å². The predicted molar refractivity (Wildman–Crippen MR) is 44.2 cm³/mol. The summed E-state index contributed by atoms with van der Waals surface area (Å²) in [7, 11) is 1.69. The average Bonchev–Trinajstić information content (AvgIpc) is 2.35. The Hall–Kier alpha value is -0.680. The number of methoxy groups -OCH3 is 1. The minimum absolute atomic E-state index is 0.244. The fourth-order valence-electron chi connectivity index (χ4n) is 1.46. The Kier molecular flexibility index (Phi) is 1.77. The minimum atomic E-state index is -0.249. The SMILES string of the molecule is COC1(c2nc(=S)o[nH]2)CCC1. The number of ether oxygens (including phenoxy) is 1. The largest absolute Gasteiger partial charge is 0.370 e. The van der Waals surface area contributed by atoms with Crippen molar-refractivity contribution >= 4 is 12.2 Å². The smallest absolute Gasteiger partial charge is 0.314 e. The van der Waals surface area contributed by atoms with Gasteiger partial charge >= 0.3 is 4.84 Å². The highest BCUT2D eigenvalue weighted by molar-refractivity contribution is 7.71. The predicted octanol–water partition coefficient (Wildman–Crippen LogP) is 1.76. The van der Waals surface area contributed by atoms with E-state index >= 15 is 0 Å². The second-order valence-electron chi connectivity index (χ2n) is 2.98. The summed E-state index contributed by atoms with van der Waals surface area (Å²) in [4.78, 5) is 4.29. The van der Waals surface area contributed by atoms with Gasteiger partial charge < -0.3 is 9.26 Å². The topological polar surface area (TPSA) is 51.1 Å². The van der Waals surface area contributed by atoms with Gasteiger partial charge in [-0.2, -0.15) is 4.98 Å². The molecule has 0 atom stereocenters. The first-order valence-electron chi connectivity index (χ1n) is 3.88. The lowest BCUT2D eigenvalue weighted by Crippen LogP contribution is -2.37. The average molecular weight is 186 g/mol. The number of hydrogen-bond donors (Lipinski definition) is 1. The van der Waals surface area contributed by atoms with Gasteiger partial charge in [0.2, 0.25) is 0 Å². The maximum atomic E-state index is 5.37. The molecule has 0 radical (unpaired) electrons. The molecule has 1 fully saturated rings. The zero-order chi connectivity index (χ0) is 8.60. The summed E-state index contributed by atoms with van der Waals surface area (Å²) < 4.78 is 10.2. The number of H-pyrrole nitrogens is 1. The zero-order valence-electron chi connectivity index (χ0n) is 6.79. The van der Waals surface area contributed by atoms with Gasteiger partial charge in [0.15, 0.2) is 5.82 Å². The zero-order valence-corrected chi connectivity index (χ0v) is 7.61. The molecule has 1 aromatic heterocycles. The quantitative estimate of drug-likeness (QED) is 0.715. The highest BCUT2D eigenvalue weighted by Crippen LogP contribution is 2.42. The number of nitrogens with one attached hydrogen (secondary N) is 1. The van der Waals surface area contributed by atoms with Crippen molar-refractivity contribution in [2.75, 3.05) is 7.11 Å². The molecule has 0 aliphatic heterocycles.